The van der Waals surface area contributed by atoms with Gasteiger partial charge in [-0.2, -0.15) is 0 Å². The molecule has 0 atom stereocenters. The zero-order valence-corrected chi connectivity index (χ0v) is 16.6. The standard InChI is InChI=1S/C27H20O4/c28-25(29)19-11-15-23(16-12-19)27(21-7-3-1-4-8-21,22-9-5-2-6-10-22)24-17-13-20(14-18-24)26(30)31/h1-18H,(H,28,29)(H,30,31). The number of hydrogen-bond acceptors (Lipinski definition) is 2. The summed E-state index contributed by atoms with van der Waals surface area (Å²) >= 11 is 0. The third-order valence-electron chi connectivity index (χ3n) is 5.54. The third-order valence-corrected chi connectivity index (χ3v) is 5.54. The van der Waals surface area contributed by atoms with Gasteiger partial charge in [-0.1, -0.05) is 84.9 Å². The highest BCUT2D eigenvalue weighted by Gasteiger charge is 2.38. The van der Waals surface area contributed by atoms with Gasteiger partial charge in [-0.25, -0.2) is 9.59 Å². The molecule has 0 aliphatic heterocycles. The minimum absolute atomic E-state index is 0.208. The Bertz CT molecular complexity index is 1100. The molecule has 4 nitrogen and oxygen atoms in total. The van der Waals surface area contributed by atoms with Gasteiger partial charge in [0.25, 0.3) is 0 Å². The molecule has 0 saturated carbocycles. The minimum Gasteiger partial charge on any atom is -0.478 e. The number of rotatable bonds is 6. The Labute approximate surface area is 180 Å². The Balaban J connectivity index is 2.06. The largest absolute Gasteiger partial charge is 0.478 e. The summed E-state index contributed by atoms with van der Waals surface area (Å²) in [5.41, 5.74) is 3.42. The van der Waals surface area contributed by atoms with Crippen molar-refractivity contribution in [1.29, 1.82) is 0 Å². The van der Waals surface area contributed by atoms with Crippen LogP contribution in [0.2, 0.25) is 0 Å². The van der Waals surface area contributed by atoms with E-state index < -0.39 is 17.4 Å². The van der Waals surface area contributed by atoms with E-state index in [2.05, 4.69) is 0 Å². The van der Waals surface area contributed by atoms with Crippen molar-refractivity contribution >= 4 is 11.9 Å². The Morgan fingerprint density at radius 2 is 0.742 bits per heavy atom. The highest BCUT2D eigenvalue weighted by Crippen LogP contribution is 2.45. The Morgan fingerprint density at radius 3 is 1.03 bits per heavy atom. The first-order valence-electron chi connectivity index (χ1n) is 9.82. The molecule has 4 rings (SSSR count). The third kappa shape index (κ3) is 3.60. The quantitative estimate of drug-likeness (QED) is 0.415. The van der Waals surface area contributed by atoms with Gasteiger partial charge in [0.05, 0.1) is 16.5 Å². The maximum Gasteiger partial charge on any atom is 0.335 e. The van der Waals surface area contributed by atoms with Crippen LogP contribution in [0.25, 0.3) is 0 Å². The molecule has 2 N–H and O–H groups in total. The van der Waals surface area contributed by atoms with Crippen LogP contribution in [0.15, 0.2) is 109 Å². The molecule has 4 heteroatoms. The van der Waals surface area contributed by atoms with Gasteiger partial charge in [0.1, 0.15) is 0 Å². The maximum atomic E-state index is 11.4. The first-order valence-corrected chi connectivity index (χ1v) is 9.82. The van der Waals surface area contributed by atoms with Gasteiger partial charge in [-0.3, -0.25) is 0 Å². The summed E-state index contributed by atoms with van der Waals surface area (Å²) in [6, 6.07) is 33.6. The topological polar surface area (TPSA) is 74.6 Å². The summed E-state index contributed by atoms with van der Waals surface area (Å²) in [5, 5.41) is 18.7. The molecule has 0 aliphatic carbocycles. The van der Waals surface area contributed by atoms with Crippen LogP contribution in [0.3, 0.4) is 0 Å². The lowest BCUT2D eigenvalue weighted by Gasteiger charge is -2.37. The SMILES string of the molecule is O=C(O)c1ccc(C(c2ccccc2)(c2ccccc2)c2ccc(C(=O)O)cc2)cc1. The maximum absolute atomic E-state index is 11.4. The highest BCUT2D eigenvalue weighted by atomic mass is 16.4. The summed E-state index contributed by atoms with van der Waals surface area (Å²) in [5.74, 6) is -1.97. The number of hydrogen-bond donors (Lipinski definition) is 2. The van der Waals surface area contributed by atoms with Crippen molar-refractivity contribution in [2.24, 2.45) is 0 Å². The van der Waals surface area contributed by atoms with Gasteiger partial charge in [0, 0.05) is 0 Å². The summed E-state index contributed by atoms with van der Waals surface area (Å²) in [7, 11) is 0. The molecule has 0 amide bonds. The molecule has 0 saturated heterocycles. The van der Waals surface area contributed by atoms with Crippen LogP contribution >= 0.6 is 0 Å². The normalized spacial score (nSPS) is 11.1. The zero-order chi connectivity index (χ0) is 21.8. The van der Waals surface area contributed by atoms with Crippen LogP contribution in [-0.2, 0) is 5.41 Å². The monoisotopic (exact) mass is 408 g/mol. The smallest absolute Gasteiger partial charge is 0.335 e. The van der Waals surface area contributed by atoms with Crippen molar-refractivity contribution < 1.29 is 19.8 Å². The van der Waals surface area contributed by atoms with Crippen LogP contribution < -0.4 is 0 Å². The number of carbonyl (C=O) groups is 2. The molecule has 0 heterocycles. The van der Waals surface area contributed by atoms with Crippen LogP contribution in [0.5, 0.6) is 0 Å². The van der Waals surface area contributed by atoms with E-state index in [0.29, 0.717) is 0 Å². The lowest BCUT2D eigenvalue weighted by atomic mass is 9.65. The lowest BCUT2D eigenvalue weighted by Crippen LogP contribution is -2.31. The molecule has 0 aromatic heterocycles. The molecule has 0 spiro atoms. The summed E-state index contributed by atoms with van der Waals surface area (Å²) in [6.07, 6.45) is 0. The van der Waals surface area contributed by atoms with E-state index in [1.807, 2.05) is 84.9 Å². The molecule has 0 aliphatic rings. The lowest BCUT2D eigenvalue weighted by molar-refractivity contribution is 0.0686. The van der Waals surface area contributed by atoms with Gasteiger partial charge < -0.3 is 10.2 Å². The molecule has 4 aromatic carbocycles. The fraction of sp³-hybridized carbons (Fsp3) is 0.0370. The second-order valence-electron chi connectivity index (χ2n) is 7.25. The fourth-order valence-corrected chi connectivity index (χ4v) is 4.10. The highest BCUT2D eigenvalue weighted by molar-refractivity contribution is 5.88. The molecule has 0 radical (unpaired) electrons. The zero-order valence-electron chi connectivity index (χ0n) is 16.6. The van der Waals surface area contributed by atoms with Gasteiger partial charge in [0.2, 0.25) is 0 Å². The average molecular weight is 408 g/mol. The molecule has 0 fully saturated rings. The van der Waals surface area contributed by atoms with Gasteiger partial charge in [0.15, 0.2) is 0 Å². The van der Waals surface area contributed by atoms with E-state index in [1.165, 1.54) is 0 Å². The predicted molar refractivity (Wildman–Crippen MR) is 119 cm³/mol. The second-order valence-corrected chi connectivity index (χ2v) is 7.25. The predicted octanol–water partition coefficient (Wildman–Crippen LogP) is 5.47. The number of carboxylic acids is 2. The minimum atomic E-state index is -0.984. The Morgan fingerprint density at radius 1 is 0.452 bits per heavy atom. The van der Waals surface area contributed by atoms with Crippen molar-refractivity contribution in [1.82, 2.24) is 0 Å². The molecule has 152 valence electrons. The number of aromatic carboxylic acids is 2. The molecule has 31 heavy (non-hydrogen) atoms. The number of benzene rings is 4. The van der Waals surface area contributed by atoms with Crippen molar-refractivity contribution in [2.45, 2.75) is 5.41 Å². The second kappa shape index (κ2) is 8.28. The van der Waals surface area contributed by atoms with E-state index in [1.54, 1.807) is 24.3 Å². The molecular weight excluding hydrogens is 388 g/mol. The van der Waals surface area contributed by atoms with E-state index >= 15 is 0 Å². The summed E-state index contributed by atoms with van der Waals surface area (Å²) in [6.45, 7) is 0. The Hall–Kier alpha value is -4.18. The van der Waals surface area contributed by atoms with Crippen LogP contribution in [0.1, 0.15) is 43.0 Å². The van der Waals surface area contributed by atoms with Crippen LogP contribution in [0.4, 0.5) is 0 Å². The fourth-order valence-electron chi connectivity index (χ4n) is 4.10. The summed E-state index contributed by atoms with van der Waals surface area (Å²) in [4.78, 5) is 22.8. The summed E-state index contributed by atoms with van der Waals surface area (Å²) < 4.78 is 0. The van der Waals surface area contributed by atoms with Crippen LogP contribution in [0, 0.1) is 0 Å². The van der Waals surface area contributed by atoms with E-state index in [9.17, 15) is 19.8 Å². The first-order chi connectivity index (χ1) is 15.0. The van der Waals surface area contributed by atoms with Gasteiger partial charge in [-0.15, -0.1) is 0 Å². The molecule has 4 aromatic rings. The first kappa shape index (κ1) is 20.1. The van der Waals surface area contributed by atoms with E-state index in [0.717, 1.165) is 22.3 Å². The van der Waals surface area contributed by atoms with Gasteiger partial charge >= 0.3 is 11.9 Å². The van der Waals surface area contributed by atoms with Crippen molar-refractivity contribution in [3.8, 4) is 0 Å². The van der Waals surface area contributed by atoms with Crippen molar-refractivity contribution in [3.63, 3.8) is 0 Å². The molecular formula is C27H20O4. The van der Waals surface area contributed by atoms with Crippen molar-refractivity contribution in [2.75, 3.05) is 0 Å². The van der Waals surface area contributed by atoms with E-state index in [-0.39, 0.29) is 11.1 Å². The molecule has 0 bridgehead atoms. The van der Waals surface area contributed by atoms with Gasteiger partial charge in [-0.05, 0) is 46.5 Å². The number of carboxylic acid groups (broad SMARTS) is 2. The molecule has 0 unspecified atom stereocenters. The Kier molecular flexibility index (Phi) is 5.37. The van der Waals surface area contributed by atoms with Crippen LogP contribution in [-0.4, -0.2) is 22.2 Å². The average Bonchev–Trinajstić information content (AvgIpc) is 2.82. The van der Waals surface area contributed by atoms with E-state index in [4.69, 9.17) is 0 Å². The van der Waals surface area contributed by atoms with Crippen molar-refractivity contribution in [3.05, 3.63) is 143 Å².